The van der Waals surface area contributed by atoms with Gasteiger partial charge in [0.1, 0.15) is 0 Å². The number of fused-ring (bicyclic) bond motifs is 1. The third-order valence-electron chi connectivity index (χ3n) is 5.74. The summed E-state index contributed by atoms with van der Waals surface area (Å²) in [6.07, 6.45) is 2.74. The molecule has 3 heterocycles. The van der Waals surface area contributed by atoms with Crippen molar-refractivity contribution in [2.24, 2.45) is 0 Å². The highest BCUT2D eigenvalue weighted by Crippen LogP contribution is 2.22. The smallest absolute Gasteiger partial charge is 0.337 e. The Hall–Kier alpha value is -3.30. The SMILES string of the molecule is O=c1c2c(ncn2Cc2ccc(F)c(F)c2)n(-c2ccccc2Cl)c(=O)n1CC1CCCO1. The standard InChI is InChI=1S/C23H19ClF2N4O3/c24-16-5-1-2-6-19(16)30-21-20(22(31)29(23(30)32)12-15-4-3-9-33-15)28(13-27-21)11-14-7-8-17(25)18(26)10-14/h1-2,5-8,10,13,15H,3-4,9,11-12H2. The van der Waals surface area contributed by atoms with E-state index in [1.165, 1.54) is 21.5 Å². The third kappa shape index (κ3) is 3.87. The number of hydrogen-bond donors (Lipinski definition) is 0. The summed E-state index contributed by atoms with van der Waals surface area (Å²) in [5, 5.41) is 0.318. The number of para-hydroxylation sites is 1. The maximum atomic E-state index is 13.7. The van der Waals surface area contributed by atoms with E-state index in [0.717, 1.165) is 29.5 Å². The van der Waals surface area contributed by atoms with Crippen LogP contribution in [0.3, 0.4) is 0 Å². The van der Waals surface area contributed by atoms with E-state index >= 15 is 0 Å². The first kappa shape index (κ1) is 21.5. The minimum absolute atomic E-state index is 0.0591. The number of nitrogens with zero attached hydrogens (tertiary/aromatic N) is 4. The molecule has 0 bridgehead atoms. The van der Waals surface area contributed by atoms with E-state index in [0.29, 0.717) is 22.9 Å². The normalized spacial score (nSPS) is 16.0. The topological polar surface area (TPSA) is 71.0 Å². The molecule has 170 valence electrons. The van der Waals surface area contributed by atoms with Gasteiger partial charge in [-0.2, -0.15) is 0 Å². The fourth-order valence-electron chi connectivity index (χ4n) is 4.14. The molecule has 1 aliphatic rings. The number of benzene rings is 2. The van der Waals surface area contributed by atoms with E-state index in [2.05, 4.69) is 4.98 Å². The first-order valence-electron chi connectivity index (χ1n) is 10.4. The number of aromatic nitrogens is 4. The second kappa shape index (κ2) is 8.57. The molecule has 4 aromatic rings. The molecule has 1 unspecified atom stereocenters. The molecule has 2 aromatic carbocycles. The van der Waals surface area contributed by atoms with Gasteiger partial charge in [-0.25, -0.2) is 23.1 Å². The van der Waals surface area contributed by atoms with Crippen LogP contribution in [0.1, 0.15) is 18.4 Å². The molecule has 7 nitrogen and oxygen atoms in total. The van der Waals surface area contributed by atoms with Crippen molar-refractivity contribution in [1.29, 1.82) is 0 Å². The lowest BCUT2D eigenvalue weighted by Crippen LogP contribution is -2.42. The minimum atomic E-state index is -0.985. The average Bonchev–Trinajstić information content (AvgIpc) is 3.45. The van der Waals surface area contributed by atoms with E-state index in [9.17, 15) is 18.4 Å². The van der Waals surface area contributed by atoms with E-state index in [4.69, 9.17) is 16.3 Å². The summed E-state index contributed by atoms with van der Waals surface area (Å²) in [4.78, 5) is 31.3. The molecule has 0 amide bonds. The lowest BCUT2D eigenvalue weighted by atomic mass is 10.2. The van der Waals surface area contributed by atoms with Crippen molar-refractivity contribution < 1.29 is 13.5 Å². The lowest BCUT2D eigenvalue weighted by Gasteiger charge is -2.16. The monoisotopic (exact) mass is 472 g/mol. The molecule has 33 heavy (non-hydrogen) atoms. The van der Waals surface area contributed by atoms with Crippen molar-refractivity contribution in [1.82, 2.24) is 18.7 Å². The van der Waals surface area contributed by atoms with Gasteiger partial charge >= 0.3 is 5.69 Å². The maximum absolute atomic E-state index is 13.7. The number of ether oxygens (including phenoxy) is 1. The molecule has 0 spiro atoms. The van der Waals surface area contributed by atoms with Crippen molar-refractivity contribution in [2.75, 3.05) is 6.61 Å². The number of halogens is 3. The van der Waals surface area contributed by atoms with Gasteiger partial charge in [0.15, 0.2) is 22.8 Å². The molecule has 1 fully saturated rings. The van der Waals surface area contributed by atoms with Gasteiger partial charge < -0.3 is 9.30 Å². The van der Waals surface area contributed by atoms with Crippen LogP contribution >= 0.6 is 11.6 Å². The van der Waals surface area contributed by atoms with Crippen LogP contribution in [-0.2, 0) is 17.8 Å². The average molecular weight is 473 g/mol. The second-order valence-corrected chi connectivity index (χ2v) is 8.32. The summed E-state index contributed by atoms with van der Waals surface area (Å²) in [5.41, 5.74) is -0.00769. The van der Waals surface area contributed by atoms with E-state index < -0.39 is 22.9 Å². The number of rotatable bonds is 5. The Morgan fingerprint density at radius 3 is 2.67 bits per heavy atom. The highest BCUT2D eigenvalue weighted by atomic mass is 35.5. The minimum Gasteiger partial charge on any atom is -0.376 e. The molecule has 2 aromatic heterocycles. The quantitative estimate of drug-likeness (QED) is 0.445. The Bertz CT molecular complexity index is 1470. The summed E-state index contributed by atoms with van der Waals surface area (Å²) in [6.45, 7) is 0.729. The molecule has 0 aliphatic carbocycles. The van der Waals surface area contributed by atoms with Crippen LogP contribution in [0.4, 0.5) is 8.78 Å². The molecule has 10 heteroatoms. The fraction of sp³-hybridized carbons (Fsp3) is 0.261. The van der Waals surface area contributed by atoms with E-state index in [1.807, 2.05) is 0 Å². The van der Waals surface area contributed by atoms with Crippen LogP contribution in [0.25, 0.3) is 16.9 Å². The van der Waals surface area contributed by atoms with E-state index in [1.54, 1.807) is 24.3 Å². The number of hydrogen-bond acceptors (Lipinski definition) is 4. The van der Waals surface area contributed by atoms with Gasteiger partial charge in [0, 0.05) is 13.2 Å². The molecular formula is C23H19ClF2N4O3. The predicted octanol–water partition coefficient (Wildman–Crippen LogP) is 3.51. The first-order chi connectivity index (χ1) is 15.9. The van der Waals surface area contributed by atoms with Gasteiger partial charge in [-0.05, 0) is 42.7 Å². The zero-order valence-corrected chi connectivity index (χ0v) is 18.1. The Morgan fingerprint density at radius 2 is 1.94 bits per heavy atom. The van der Waals surface area contributed by atoms with Crippen LogP contribution in [0, 0.1) is 11.6 Å². The summed E-state index contributed by atoms with van der Waals surface area (Å²) in [6, 6.07) is 10.3. The molecule has 0 N–H and O–H groups in total. The molecule has 1 atom stereocenters. The van der Waals surface area contributed by atoms with Crippen molar-refractivity contribution in [3.63, 3.8) is 0 Å². The molecule has 1 aliphatic heterocycles. The summed E-state index contributed by atoms with van der Waals surface area (Å²) >= 11 is 6.38. The Morgan fingerprint density at radius 1 is 1.12 bits per heavy atom. The Kier molecular flexibility index (Phi) is 5.59. The van der Waals surface area contributed by atoms with Gasteiger partial charge in [-0.15, -0.1) is 0 Å². The van der Waals surface area contributed by atoms with E-state index in [-0.39, 0.29) is 30.4 Å². The van der Waals surface area contributed by atoms with Crippen molar-refractivity contribution in [2.45, 2.75) is 32.0 Å². The van der Waals surface area contributed by atoms with Crippen LogP contribution in [0.15, 0.2) is 58.4 Å². The molecule has 1 saturated heterocycles. The van der Waals surface area contributed by atoms with Gasteiger partial charge in [0.05, 0.1) is 29.7 Å². The zero-order valence-electron chi connectivity index (χ0n) is 17.4. The second-order valence-electron chi connectivity index (χ2n) is 7.91. The van der Waals surface area contributed by atoms with Crippen LogP contribution in [0.5, 0.6) is 0 Å². The van der Waals surface area contributed by atoms with Crippen LogP contribution < -0.4 is 11.2 Å². The van der Waals surface area contributed by atoms with Gasteiger partial charge in [0.2, 0.25) is 0 Å². The predicted molar refractivity (Wildman–Crippen MR) is 119 cm³/mol. The van der Waals surface area contributed by atoms with Crippen molar-refractivity contribution >= 4 is 22.8 Å². The maximum Gasteiger partial charge on any atom is 0.337 e. The van der Waals surface area contributed by atoms with Gasteiger partial charge in [0.25, 0.3) is 5.56 Å². The fourth-order valence-corrected chi connectivity index (χ4v) is 4.36. The Labute approximate surface area is 191 Å². The molecule has 0 radical (unpaired) electrons. The van der Waals surface area contributed by atoms with Crippen LogP contribution in [0.2, 0.25) is 5.02 Å². The summed E-state index contributed by atoms with van der Waals surface area (Å²) in [5.74, 6) is -1.94. The highest BCUT2D eigenvalue weighted by molar-refractivity contribution is 6.32. The third-order valence-corrected chi connectivity index (χ3v) is 6.06. The zero-order chi connectivity index (χ0) is 23.1. The molecule has 0 saturated carbocycles. The van der Waals surface area contributed by atoms with Crippen molar-refractivity contribution in [3.05, 3.63) is 91.9 Å². The van der Waals surface area contributed by atoms with Crippen molar-refractivity contribution in [3.8, 4) is 5.69 Å². The lowest BCUT2D eigenvalue weighted by molar-refractivity contribution is 0.0950. The molecule has 5 rings (SSSR count). The largest absolute Gasteiger partial charge is 0.376 e. The summed E-state index contributed by atoms with van der Waals surface area (Å²) in [7, 11) is 0. The highest BCUT2D eigenvalue weighted by Gasteiger charge is 2.24. The first-order valence-corrected chi connectivity index (χ1v) is 10.8. The summed E-state index contributed by atoms with van der Waals surface area (Å²) < 4.78 is 36.7. The number of imidazole rings is 1. The molecular weight excluding hydrogens is 454 g/mol. The van der Waals surface area contributed by atoms with Gasteiger partial charge in [-0.3, -0.25) is 9.36 Å². The van der Waals surface area contributed by atoms with Gasteiger partial charge in [-0.1, -0.05) is 29.8 Å². The Balaban J connectivity index is 1.73. The van der Waals surface area contributed by atoms with Crippen LogP contribution in [-0.4, -0.2) is 31.4 Å².